The van der Waals surface area contributed by atoms with Gasteiger partial charge in [0.05, 0.1) is 12.0 Å². The fraction of sp³-hybridized carbons (Fsp3) is 0.500. The summed E-state index contributed by atoms with van der Waals surface area (Å²) < 4.78 is 5.00. The van der Waals surface area contributed by atoms with Crippen molar-refractivity contribution in [1.29, 1.82) is 0 Å². The number of hydrogen-bond acceptors (Lipinski definition) is 5. The highest BCUT2D eigenvalue weighted by Crippen LogP contribution is 2.28. The van der Waals surface area contributed by atoms with Crippen LogP contribution in [-0.2, 0) is 0 Å². The van der Waals surface area contributed by atoms with E-state index in [1.54, 1.807) is 4.90 Å². The van der Waals surface area contributed by atoms with Gasteiger partial charge in [0.1, 0.15) is 0 Å². The number of methoxy groups -OCH3 is 1. The quantitative estimate of drug-likeness (QED) is 0.675. The van der Waals surface area contributed by atoms with Crippen molar-refractivity contribution in [3.8, 4) is 5.75 Å². The molecule has 0 saturated carbocycles. The maximum absolute atomic E-state index is 12.5. The number of ether oxygens (including phenoxy) is 1. The average Bonchev–Trinajstić information content (AvgIpc) is 2.44. The molecule has 122 valence electrons. The van der Waals surface area contributed by atoms with Crippen LogP contribution in [0.25, 0.3) is 0 Å². The van der Waals surface area contributed by atoms with Crippen LogP contribution in [0.5, 0.6) is 5.75 Å². The molecule has 1 aromatic carbocycles. The van der Waals surface area contributed by atoms with Gasteiger partial charge in [-0.15, -0.1) is 12.4 Å². The van der Waals surface area contributed by atoms with Crippen LogP contribution in [0, 0.1) is 10.1 Å². The Hall–Kier alpha value is -1.86. The second kappa shape index (κ2) is 7.42. The van der Waals surface area contributed by atoms with E-state index in [4.69, 9.17) is 4.74 Å². The van der Waals surface area contributed by atoms with Gasteiger partial charge in [-0.2, -0.15) is 0 Å². The minimum atomic E-state index is -0.526. The summed E-state index contributed by atoms with van der Waals surface area (Å²) in [6.07, 6.45) is 0. The smallest absolute Gasteiger partial charge is 0.310 e. The first-order chi connectivity index (χ1) is 9.92. The summed E-state index contributed by atoms with van der Waals surface area (Å²) in [5, 5.41) is 14.2. The summed E-state index contributed by atoms with van der Waals surface area (Å²) in [5.41, 5.74) is 0.259. The monoisotopic (exact) mass is 329 g/mol. The van der Waals surface area contributed by atoms with Crippen LogP contribution >= 0.6 is 12.4 Å². The van der Waals surface area contributed by atoms with E-state index in [1.807, 2.05) is 13.8 Å². The van der Waals surface area contributed by atoms with Gasteiger partial charge in [0.25, 0.3) is 5.91 Å². The Morgan fingerprint density at radius 2 is 1.95 bits per heavy atom. The van der Waals surface area contributed by atoms with E-state index >= 15 is 0 Å². The minimum absolute atomic E-state index is 0. The molecule has 8 heteroatoms. The number of halogens is 1. The average molecular weight is 330 g/mol. The molecule has 0 aromatic heterocycles. The normalized spacial score (nSPS) is 21.0. The Bertz CT molecular complexity index is 557. The second-order valence-corrected chi connectivity index (χ2v) is 5.32. The number of benzene rings is 1. The molecule has 0 aliphatic carbocycles. The molecule has 1 fully saturated rings. The number of nitrogens with one attached hydrogen (secondary N) is 1. The van der Waals surface area contributed by atoms with E-state index < -0.39 is 4.92 Å². The SMILES string of the molecule is COc1cc(C(=O)N2CC(C)NC(C)C2)ccc1[N+](=O)[O-].Cl. The van der Waals surface area contributed by atoms with Gasteiger partial charge in [-0.1, -0.05) is 0 Å². The number of nitro groups is 1. The van der Waals surface area contributed by atoms with E-state index in [-0.39, 0.29) is 41.8 Å². The summed E-state index contributed by atoms with van der Waals surface area (Å²) in [5.74, 6) is -0.0366. The molecule has 0 spiro atoms. The van der Waals surface area contributed by atoms with Crippen LogP contribution in [-0.4, -0.2) is 48.0 Å². The Balaban J connectivity index is 0.00000242. The van der Waals surface area contributed by atoms with Gasteiger partial charge in [0, 0.05) is 42.9 Å². The highest BCUT2D eigenvalue weighted by atomic mass is 35.5. The van der Waals surface area contributed by atoms with Crippen LogP contribution in [0.15, 0.2) is 18.2 Å². The van der Waals surface area contributed by atoms with Crippen LogP contribution in [0.3, 0.4) is 0 Å². The molecular weight excluding hydrogens is 310 g/mol. The standard InChI is InChI=1S/C14H19N3O4.ClH/c1-9-7-16(8-10(2)15-9)14(18)11-4-5-12(17(19)20)13(6-11)21-3;/h4-6,9-10,15H,7-8H2,1-3H3;1H. The first kappa shape index (κ1) is 18.2. The highest BCUT2D eigenvalue weighted by Gasteiger charge is 2.27. The molecule has 7 nitrogen and oxygen atoms in total. The number of piperazine rings is 1. The van der Waals surface area contributed by atoms with Crippen molar-refractivity contribution in [3.63, 3.8) is 0 Å². The summed E-state index contributed by atoms with van der Waals surface area (Å²) in [6.45, 7) is 5.27. The van der Waals surface area contributed by atoms with Crippen molar-refractivity contribution in [3.05, 3.63) is 33.9 Å². The predicted molar refractivity (Wildman–Crippen MR) is 84.9 cm³/mol. The van der Waals surface area contributed by atoms with Gasteiger partial charge in [0.2, 0.25) is 0 Å². The number of carbonyl (C=O) groups excluding carboxylic acids is 1. The van der Waals surface area contributed by atoms with Crippen LogP contribution in [0.2, 0.25) is 0 Å². The molecule has 22 heavy (non-hydrogen) atoms. The van der Waals surface area contributed by atoms with Gasteiger partial charge in [-0.3, -0.25) is 14.9 Å². The first-order valence-corrected chi connectivity index (χ1v) is 6.80. The molecule has 1 saturated heterocycles. The topological polar surface area (TPSA) is 84.7 Å². The third kappa shape index (κ3) is 3.86. The van der Waals surface area contributed by atoms with E-state index in [2.05, 4.69) is 5.32 Å². The number of nitrogens with zero attached hydrogens (tertiary/aromatic N) is 2. The van der Waals surface area contributed by atoms with Crippen LogP contribution in [0.1, 0.15) is 24.2 Å². The molecule has 1 N–H and O–H groups in total. The Morgan fingerprint density at radius 3 is 2.45 bits per heavy atom. The maximum Gasteiger partial charge on any atom is 0.310 e. The van der Waals surface area contributed by atoms with Crippen molar-refractivity contribution < 1.29 is 14.5 Å². The lowest BCUT2D eigenvalue weighted by Crippen LogP contribution is -2.55. The van der Waals surface area contributed by atoms with Gasteiger partial charge in [-0.25, -0.2) is 0 Å². The number of hydrogen-bond donors (Lipinski definition) is 1. The van der Waals surface area contributed by atoms with Gasteiger partial charge in [-0.05, 0) is 19.9 Å². The fourth-order valence-corrected chi connectivity index (χ4v) is 2.64. The highest BCUT2D eigenvalue weighted by molar-refractivity contribution is 5.95. The lowest BCUT2D eigenvalue weighted by Gasteiger charge is -2.36. The van der Waals surface area contributed by atoms with Gasteiger partial charge in [0.15, 0.2) is 5.75 Å². The fourth-order valence-electron chi connectivity index (χ4n) is 2.64. The summed E-state index contributed by atoms with van der Waals surface area (Å²) in [6, 6.07) is 4.65. The number of nitro benzene ring substituents is 1. The summed E-state index contributed by atoms with van der Waals surface area (Å²) >= 11 is 0. The van der Waals surface area contributed by atoms with Gasteiger partial charge >= 0.3 is 5.69 Å². The molecule has 2 unspecified atom stereocenters. The molecule has 2 atom stereocenters. The summed E-state index contributed by atoms with van der Waals surface area (Å²) in [7, 11) is 1.35. The lowest BCUT2D eigenvalue weighted by molar-refractivity contribution is -0.385. The zero-order chi connectivity index (χ0) is 15.6. The first-order valence-electron chi connectivity index (χ1n) is 6.80. The molecule has 1 heterocycles. The van der Waals surface area contributed by atoms with Crippen molar-refractivity contribution in [2.75, 3.05) is 20.2 Å². The van der Waals surface area contributed by atoms with Crippen LogP contribution in [0.4, 0.5) is 5.69 Å². The van der Waals surface area contributed by atoms with Crippen molar-refractivity contribution in [2.45, 2.75) is 25.9 Å². The van der Waals surface area contributed by atoms with E-state index in [0.29, 0.717) is 18.7 Å². The Morgan fingerprint density at radius 1 is 1.36 bits per heavy atom. The third-order valence-corrected chi connectivity index (χ3v) is 3.47. The van der Waals surface area contributed by atoms with E-state index in [0.717, 1.165) is 0 Å². The van der Waals surface area contributed by atoms with Crippen molar-refractivity contribution >= 4 is 24.0 Å². The molecular formula is C14H20ClN3O4. The number of amides is 1. The maximum atomic E-state index is 12.5. The predicted octanol–water partition coefficient (Wildman–Crippen LogP) is 1.85. The molecule has 1 aliphatic heterocycles. The van der Waals surface area contributed by atoms with Crippen LogP contribution < -0.4 is 10.1 Å². The number of carbonyl (C=O) groups is 1. The van der Waals surface area contributed by atoms with Crippen molar-refractivity contribution in [2.24, 2.45) is 0 Å². The molecule has 0 bridgehead atoms. The van der Waals surface area contributed by atoms with Gasteiger partial charge < -0.3 is 15.0 Å². The largest absolute Gasteiger partial charge is 0.490 e. The molecule has 2 rings (SSSR count). The zero-order valence-corrected chi connectivity index (χ0v) is 13.6. The van der Waals surface area contributed by atoms with Crippen molar-refractivity contribution in [1.82, 2.24) is 10.2 Å². The molecule has 1 amide bonds. The number of rotatable bonds is 3. The third-order valence-electron chi connectivity index (χ3n) is 3.47. The minimum Gasteiger partial charge on any atom is -0.490 e. The molecule has 1 aromatic rings. The zero-order valence-electron chi connectivity index (χ0n) is 12.7. The summed E-state index contributed by atoms with van der Waals surface area (Å²) in [4.78, 5) is 24.6. The molecule has 1 aliphatic rings. The van der Waals surface area contributed by atoms with E-state index in [9.17, 15) is 14.9 Å². The lowest BCUT2D eigenvalue weighted by atomic mass is 10.1. The Kier molecular flexibility index (Phi) is 6.13. The Labute approximate surface area is 135 Å². The second-order valence-electron chi connectivity index (χ2n) is 5.32. The molecule has 0 radical (unpaired) electrons. The van der Waals surface area contributed by atoms with E-state index in [1.165, 1.54) is 25.3 Å².